The highest BCUT2D eigenvalue weighted by atomic mass is 16.5. The van der Waals surface area contributed by atoms with Gasteiger partial charge in [0.1, 0.15) is 5.75 Å². The van der Waals surface area contributed by atoms with E-state index in [0.717, 1.165) is 5.56 Å². The summed E-state index contributed by atoms with van der Waals surface area (Å²) in [6.07, 6.45) is -0.416. The van der Waals surface area contributed by atoms with Crippen molar-refractivity contribution in [2.75, 3.05) is 0 Å². The first kappa shape index (κ1) is 17.7. The number of rotatable bonds is 6. The summed E-state index contributed by atoms with van der Waals surface area (Å²) >= 11 is 0. The number of aromatic nitrogens is 2. The van der Waals surface area contributed by atoms with Gasteiger partial charge in [0.05, 0.1) is 0 Å². The third kappa shape index (κ3) is 3.83. The molecule has 0 aliphatic heterocycles. The monoisotopic (exact) mass is 370 g/mol. The molecule has 0 N–H and O–H groups in total. The van der Waals surface area contributed by atoms with Crippen LogP contribution in [-0.4, -0.2) is 16.0 Å². The van der Waals surface area contributed by atoms with E-state index in [1.807, 2.05) is 55.5 Å². The Hall–Kier alpha value is -3.73. The molecule has 1 unspecified atom stereocenters. The summed E-state index contributed by atoms with van der Waals surface area (Å²) in [5.41, 5.74) is 2.12. The maximum atomic E-state index is 12.5. The minimum atomic E-state index is -0.416. The molecule has 1 atom stereocenters. The van der Waals surface area contributed by atoms with E-state index in [1.165, 1.54) is 0 Å². The van der Waals surface area contributed by atoms with E-state index in [0.29, 0.717) is 28.7 Å². The second-order valence-electron chi connectivity index (χ2n) is 6.29. The summed E-state index contributed by atoms with van der Waals surface area (Å²) in [4.78, 5) is 12.5. The number of hydrogen-bond acceptors (Lipinski definition) is 5. The van der Waals surface area contributed by atoms with E-state index in [9.17, 15) is 4.79 Å². The van der Waals surface area contributed by atoms with Gasteiger partial charge in [-0.1, -0.05) is 48.5 Å². The van der Waals surface area contributed by atoms with Gasteiger partial charge in [-0.05, 0) is 43.3 Å². The molecule has 0 fully saturated rings. The highest BCUT2D eigenvalue weighted by Crippen LogP contribution is 2.25. The zero-order valence-electron chi connectivity index (χ0n) is 15.3. The lowest BCUT2D eigenvalue weighted by Gasteiger charge is -2.11. The third-order valence-electron chi connectivity index (χ3n) is 4.27. The van der Waals surface area contributed by atoms with Crippen molar-refractivity contribution in [3.63, 3.8) is 0 Å². The molecular formula is C23H18N2O3. The van der Waals surface area contributed by atoms with Crippen LogP contribution in [0.1, 0.15) is 34.8 Å². The van der Waals surface area contributed by atoms with Crippen molar-refractivity contribution in [3.8, 4) is 17.2 Å². The molecule has 1 heterocycles. The van der Waals surface area contributed by atoms with Crippen LogP contribution in [0, 0.1) is 0 Å². The van der Waals surface area contributed by atoms with Gasteiger partial charge in [-0.3, -0.25) is 4.79 Å². The Morgan fingerprint density at radius 2 is 1.43 bits per heavy atom. The van der Waals surface area contributed by atoms with Crippen molar-refractivity contribution in [3.05, 3.63) is 102 Å². The van der Waals surface area contributed by atoms with Gasteiger partial charge in [-0.2, -0.15) is 0 Å². The first-order valence-corrected chi connectivity index (χ1v) is 8.96. The molecule has 0 radical (unpaired) electrons. The molecule has 4 aromatic rings. The van der Waals surface area contributed by atoms with E-state index in [4.69, 9.17) is 9.15 Å². The number of carbonyl (C=O) groups is 1. The third-order valence-corrected chi connectivity index (χ3v) is 4.27. The van der Waals surface area contributed by atoms with Crippen molar-refractivity contribution >= 4 is 5.78 Å². The zero-order chi connectivity index (χ0) is 19.3. The highest BCUT2D eigenvalue weighted by Gasteiger charge is 2.17. The Morgan fingerprint density at radius 3 is 2.11 bits per heavy atom. The van der Waals surface area contributed by atoms with E-state index in [2.05, 4.69) is 10.2 Å². The van der Waals surface area contributed by atoms with E-state index in [-0.39, 0.29) is 5.78 Å². The summed E-state index contributed by atoms with van der Waals surface area (Å²) < 4.78 is 11.6. The van der Waals surface area contributed by atoms with Crippen LogP contribution < -0.4 is 4.74 Å². The Bertz CT molecular complexity index is 1060. The number of ether oxygens (including phenoxy) is 1. The van der Waals surface area contributed by atoms with Gasteiger partial charge < -0.3 is 9.15 Å². The van der Waals surface area contributed by atoms with E-state index in [1.54, 1.807) is 36.4 Å². The number of carbonyl (C=O) groups excluding carboxylic acids is 1. The minimum Gasteiger partial charge on any atom is -0.481 e. The highest BCUT2D eigenvalue weighted by molar-refractivity contribution is 6.08. The van der Waals surface area contributed by atoms with Gasteiger partial charge in [0.2, 0.25) is 5.89 Å². The van der Waals surface area contributed by atoms with Crippen molar-refractivity contribution in [2.24, 2.45) is 0 Å². The van der Waals surface area contributed by atoms with Crippen LogP contribution in [-0.2, 0) is 0 Å². The van der Waals surface area contributed by atoms with Gasteiger partial charge in [0, 0.05) is 16.7 Å². The van der Waals surface area contributed by atoms with Gasteiger partial charge >= 0.3 is 0 Å². The normalized spacial score (nSPS) is 11.8. The largest absolute Gasteiger partial charge is 0.481 e. The van der Waals surface area contributed by atoms with Crippen LogP contribution in [0.3, 0.4) is 0 Å². The SMILES string of the molecule is CC(Oc1ccc(C(=O)c2ccccc2)cc1)c1nnc(-c2ccccc2)o1. The average molecular weight is 370 g/mol. The lowest BCUT2D eigenvalue weighted by atomic mass is 10.0. The standard InChI is InChI=1S/C23H18N2O3/c1-16(22-24-25-23(28-22)19-10-6-3-7-11-19)27-20-14-12-18(13-15-20)21(26)17-8-4-2-5-9-17/h2-16H,1H3. The number of benzene rings is 3. The summed E-state index contributed by atoms with van der Waals surface area (Å²) in [6, 6.07) is 25.8. The summed E-state index contributed by atoms with van der Waals surface area (Å²) in [6.45, 7) is 1.84. The van der Waals surface area contributed by atoms with Crippen LogP contribution in [0.5, 0.6) is 5.75 Å². The van der Waals surface area contributed by atoms with E-state index >= 15 is 0 Å². The molecule has 0 saturated carbocycles. The molecule has 3 aromatic carbocycles. The molecule has 4 rings (SSSR count). The van der Waals surface area contributed by atoms with Gasteiger partial charge in [-0.15, -0.1) is 10.2 Å². The Kier molecular flexibility index (Phi) is 4.97. The predicted molar refractivity (Wildman–Crippen MR) is 105 cm³/mol. The Balaban J connectivity index is 1.45. The maximum absolute atomic E-state index is 12.5. The van der Waals surface area contributed by atoms with Crippen molar-refractivity contribution < 1.29 is 13.9 Å². The fraction of sp³-hybridized carbons (Fsp3) is 0.0870. The lowest BCUT2D eigenvalue weighted by Crippen LogP contribution is -2.04. The topological polar surface area (TPSA) is 65.2 Å². The lowest BCUT2D eigenvalue weighted by molar-refractivity contribution is 0.103. The van der Waals surface area contributed by atoms with Crippen LogP contribution in [0.2, 0.25) is 0 Å². The molecule has 1 aromatic heterocycles. The second kappa shape index (κ2) is 7.88. The average Bonchev–Trinajstić information content (AvgIpc) is 3.26. The van der Waals surface area contributed by atoms with Gasteiger partial charge in [0.15, 0.2) is 11.9 Å². The van der Waals surface area contributed by atoms with E-state index < -0.39 is 6.10 Å². The fourth-order valence-electron chi connectivity index (χ4n) is 2.79. The minimum absolute atomic E-state index is 0.0235. The summed E-state index contributed by atoms with van der Waals surface area (Å²) in [5, 5.41) is 8.16. The summed E-state index contributed by atoms with van der Waals surface area (Å²) in [5.74, 6) is 1.44. The van der Waals surface area contributed by atoms with Crippen LogP contribution >= 0.6 is 0 Å². The smallest absolute Gasteiger partial charge is 0.257 e. The predicted octanol–water partition coefficient (Wildman–Crippen LogP) is 5.11. The van der Waals surface area contributed by atoms with Crippen molar-refractivity contribution in [1.29, 1.82) is 0 Å². The second-order valence-corrected chi connectivity index (χ2v) is 6.29. The van der Waals surface area contributed by atoms with Gasteiger partial charge in [-0.25, -0.2) is 0 Å². The molecule has 0 aliphatic rings. The molecule has 5 heteroatoms. The maximum Gasteiger partial charge on any atom is 0.257 e. The first-order valence-electron chi connectivity index (χ1n) is 8.96. The zero-order valence-corrected chi connectivity index (χ0v) is 15.3. The van der Waals surface area contributed by atoms with Crippen LogP contribution in [0.25, 0.3) is 11.5 Å². The van der Waals surface area contributed by atoms with Crippen LogP contribution in [0.15, 0.2) is 89.3 Å². The number of nitrogens with zero attached hydrogens (tertiary/aromatic N) is 2. The molecule has 0 bridgehead atoms. The molecule has 5 nitrogen and oxygen atoms in total. The first-order chi connectivity index (χ1) is 13.7. The molecule has 138 valence electrons. The van der Waals surface area contributed by atoms with Crippen molar-refractivity contribution in [2.45, 2.75) is 13.0 Å². The Labute approximate surface area is 162 Å². The molecule has 0 saturated heterocycles. The molecular weight excluding hydrogens is 352 g/mol. The summed E-state index contributed by atoms with van der Waals surface area (Å²) in [7, 11) is 0. The quantitative estimate of drug-likeness (QED) is 0.441. The van der Waals surface area contributed by atoms with Gasteiger partial charge in [0.25, 0.3) is 5.89 Å². The molecule has 0 aliphatic carbocycles. The number of hydrogen-bond donors (Lipinski definition) is 0. The molecule has 0 amide bonds. The molecule has 28 heavy (non-hydrogen) atoms. The van der Waals surface area contributed by atoms with Crippen LogP contribution in [0.4, 0.5) is 0 Å². The number of ketones is 1. The fourth-order valence-corrected chi connectivity index (χ4v) is 2.79. The Morgan fingerprint density at radius 1 is 0.821 bits per heavy atom. The molecule has 0 spiro atoms. The van der Waals surface area contributed by atoms with Crippen molar-refractivity contribution in [1.82, 2.24) is 10.2 Å².